The summed E-state index contributed by atoms with van der Waals surface area (Å²) in [7, 11) is -0.613. The molecule has 1 aromatic carbocycles. The molecule has 0 bridgehead atoms. The van der Waals surface area contributed by atoms with Crippen molar-refractivity contribution in [3.05, 3.63) is 23.3 Å². The number of methoxy groups -OCH3 is 1. The highest BCUT2D eigenvalue weighted by molar-refractivity contribution is 7.89. The Bertz CT molecular complexity index is 951. The molecule has 8 nitrogen and oxygen atoms in total. The van der Waals surface area contributed by atoms with Crippen molar-refractivity contribution in [3.8, 4) is 5.75 Å². The van der Waals surface area contributed by atoms with E-state index in [9.17, 15) is 17.6 Å². The number of ether oxygens (including phenoxy) is 2. The number of aryl methyl sites for hydroxylation is 2. The van der Waals surface area contributed by atoms with Crippen molar-refractivity contribution < 1.29 is 27.1 Å². The molecule has 2 aliphatic rings. The lowest BCUT2D eigenvalue weighted by Gasteiger charge is -2.40. The number of likely N-dealkylation sites (tertiary alicyclic amines) is 2. The molecule has 1 aromatic rings. The Balaban J connectivity index is 1.39. The Labute approximate surface area is 215 Å². The number of benzene rings is 1. The van der Waals surface area contributed by atoms with Crippen molar-refractivity contribution in [3.63, 3.8) is 0 Å². The molecule has 36 heavy (non-hydrogen) atoms. The van der Waals surface area contributed by atoms with Gasteiger partial charge in [-0.15, -0.1) is 0 Å². The molecule has 0 saturated carbocycles. The summed E-state index contributed by atoms with van der Waals surface area (Å²) in [5.41, 5.74) is 1.26. The first kappa shape index (κ1) is 28.8. The summed E-state index contributed by atoms with van der Waals surface area (Å²) in [5.74, 6) is 1.88. The van der Waals surface area contributed by atoms with Gasteiger partial charge in [0.25, 0.3) is 0 Å². The number of rotatable bonds is 11. The van der Waals surface area contributed by atoms with Crippen molar-refractivity contribution in [1.29, 1.82) is 0 Å². The summed E-state index contributed by atoms with van der Waals surface area (Å²) in [6, 6.07) is 3.42. The molecule has 2 saturated heterocycles. The smallest absolute Gasteiger partial charge is 0.248 e. The molecule has 1 amide bonds. The van der Waals surface area contributed by atoms with E-state index in [2.05, 4.69) is 4.90 Å². The van der Waals surface area contributed by atoms with Crippen LogP contribution >= 0.6 is 0 Å². The van der Waals surface area contributed by atoms with E-state index in [-0.39, 0.29) is 37.2 Å². The van der Waals surface area contributed by atoms with E-state index >= 15 is 0 Å². The van der Waals surface area contributed by atoms with Crippen LogP contribution in [-0.2, 0) is 19.6 Å². The minimum absolute atomic E-state index is 0.0409. The quantitative estimate of drug-likeness (QED) is 0.413. The van der Waals surface area contributed by atoms with Crippen LogP contribution in [0, 0.1) is 25.7 Å². The van der Waals surface area contributed by atoms with Gasteiger partial charge in [0.15, 0.2) is 0 Å². The van der Waals surface area contributed by atoms with Gasteiger partial charge in [0.05, 0.1) is 18.6 Å². The molecule has 2 heterocycles. The van der Waals surface area contributed by atoms with Crippen molar-refractivity contribution in [2.75, 3.05) is 73.3 Å². The van der Waals surface area contributed by atoms with Gasteiger partial charge in [0.1, 0.15) is 19.0 Å². The number of hydrogen-bond donors (Lipinski definition) is 0. The van der Waals surface area contributed by atoms with Gasteiger partial charge in [-0.2, -0.15) is 4.31 Å². The molecule has 0 aromatic heterocycles. The second-order valence-corrected chi connectivity index (χ2v) is 12.0. The number of sulfonamides is 1. The molecule has 204 valence electrons. The molecule has 0 spiro atoms. The summed E-state index contributed by atoms with van der Waals surface area (Å²) in [5, 5.41) is 0. The first-order valence-electron chi connectivity index (χ1n) is 12.9. The van der Waals surface area contributed by atoms with Crippen molar-refractivity contribution in [2.45, 2.75) is 44.4 Å². The van der Waals surface area contributed by atoms with Crippen LogP contribution in [0.5, 0.6) is 5.75 Å². The molecule has 0 N–H and O–H groups in total. The van der Waals surface area contributed by atoms with E-state index in [0.29, 0.717) is 35.3 Å². The van der Waals surface area contributed by atoms with E-state index < -0.39 is 10.0 Å². The van der Waals surface area contributed by atoms with Crippen LogP contribution in [-0.4, -0.2) is 102 Å². The lowest BCUT2D eigenvalue weighted by molar-refractivity contribution is -0.137. The van der Waals surface area contributed by atoms with Gasteiger partial charge in [0, 0.05) is 33.2 Å². The third kappa shape index (κ3) is 7.18. The molecular formula is C26H42FN3O5S. The molecule has 2 aliphatic heterocycles. The maximum Gasteiger partial charge on any atom is 0.248 e. The van der Waals surface area contributed by atoms with E-state index in [1.807, 2.05) is 4.90 Å². The Hall–Kier alpha value is -1.75. The van der Waals surface area contributed by atoms with Gasteiger partial charge < -0.3 is 19.3 Å². The maximum absolute atomic E-state index is 13.1. The zero-order valence-corrected chi connectivity index (χ0v) is 23.0. The fourth-order valence-electron chi connectivity index (χ4n) is 5.54. The molecule has 2 fully saturated rings. The summed E-state index contributed by atoms with van der Waals surface area (Å²) in [4.78, 5) is 17.0. The van der Waals surface area contributed by atoms with Gasteiger partial charge >= 0.3 is 0 Å². The number of carbonyl (C=O) groups excluding carboxylic acids is 1. The number of amides is 1. The normalized spacial score (nSPS) is 18.7. The Morgan fingerprint density at radius 1 is 1.06 bits per heavy atom. The van der Waals surface area contributed by atoms with E-state index in [1.165, 1.54) is 11.4 Å². The first-order valence-corrected chi connectivity index (χ1v) is 14.4. The second kappa shape index (κ2) is 13.2. The average Bonchev–Trinajstić information content (AvgIpc) is 2.86. The number of piperidine rings is 2. The van der Waals surface area contributed by atoms with Crippen LogP contribution in [0.15, 0.2) is 17.0 Å². The number of likely N-dealkylation sites (N-methyl/N-ethyl adjacent to an activating group) is 1. The minimum Gasteiger partial charge on any atom is -0.497 e. The van der Waals surface area contributed by atoms with Crippen molar-refractivity contribution in [1.82, 2.24) is 14.1 Å². The predicted molar refractivity (Wildman–Crippen MR) is 138 cm³/mol. The highest BCUT2D eigenvalue weighted by atomic mass is 32.2. The van der Waals surface area contributed by atoms with Gasteiger partial charge in [0.2, 0.25) is 15.9 Å². The third-order valence-electron chi connectivity index (χ3n) is 7.71. The fraction of sp³-hybridized carbons (Fsp3) is 0.731. The van der Waals surface area contributed by atoms with Crippen LogP contribution in [0.4, 0.5) is 4.39 Å². The van der Waals surface area contributed by atoms with Crippen LogP contribution < -0.4 is 4.74 Å². The number of halogens is 1. The SMILES string of the molecule is COc1cc(C)c(S(=O)(=O)N(C)CCOCC(=O)N2CCC(C3CCN(CC[18F])CC3)CC2)c(C)c1. The number of alkyl halides is 1. The molecule has 0 radical (unpaired) electrons. The van der Waals surface area contributed by atoms with E-state index in [1.54, 1.807) is 33.1 Å². The Morgan fingerprint density at radius 3 is 2.14 bits per heavy atom. The average molecular weight is 527 g/mol. The van der Waals surface area contributed by atoms with E-state index in [4.69, 9.17) is 9.47 Å². The van der Waals surface area contributed by atoms with Crippen LogP contribution in [0.1, 0.15) is 36.8 Å². The summed E-state index contributed by atoms with van der Waals surface area (Å²) < 4.78 is 50.8. The molecule has 0 atom stereocenters. The molecule has 10 heteroatoms. The minimum atomic E-state index is -3.69. The van der Waals surface area contributed by atoms with Gasteiger partial charge in [-0.25, -0.2) is 12.8 Å². The van der Waals surface area contributed by atoms with E-state index in [0.717, 1.165) is 51.9 Å². The zero-order chi connectivity index (χ0) is 26.3. The monoisotopic (exact) mass is 526 g/mol. The second-order valence-electron chi connectivity index (χ2n) is 10.1. The number of carbonyl (C=O) groups is 1. The molecule has 0 unspecified atom stereocenters. The maximum atomic E-state index is 13.1. The fourth-order valence-corrected chi connectivity index (χ4v) is 7.10. The topological polar surface area (TPSA) is 79.4 Å². The van der Waals surface area contributed by atoms with Crippen molar-refractivity contribution in [2.24, 2.45) is 11.8 Å². The Morgan fingerprint density at radius 2 is 1.61 bits per heavy atom. The van der Waals surface area contributed by atoms with Gasteiger partial charge in [-0.3, -0.25) is 4.79 Å². The Kier molecular flexibility index (Phi) is 10.5. The van der Waals surface area contributed by atoms with Gasteiger partial charge in [-0.05, 0) is 87.7 Å². The summed E-state index contributed by atoms with van der Waals surface area (Å²) in [6.45, 7) is 7.46. The number of hydrogen-bond acceptors (Lipinski definition) is 6. The highest BCUT2D eigenvalue weighted by Crippen LogP contribution is 2.32. The lowest BCUT2D eigenvalue weighted by atomic mass is 9.79. The van der Waals surface area contributed by atoms with Gasteiger partial charge in [-0.1, -0.05) is 0 Å². The largest absolute Gasteiger partial charge is 0.497 e. The number of nitrogens with zero attached hydrogens (tertiary/aromatic N) is 3. The van der Waals surface area contributed by atoms with Crippen LogP contribution in [0.25, 0.3) is 0 Å². The molecule has 0 aliphatic carbocycles. The van der Waals surface area contributed by atoms with Crippen molar-refractivity contribution >= 4 is 15.9 Å². The standard InChI is InChI=1S/C26H42FN3O5S/c1-20-17-24(34-4)18-21(2)26(20)36(32,33)28(3)15-16-35-19-25(31)30-12-7-23(8-13-30)22-5-10-29(11-6-22)14-9-27/h17-18,22-23H,5-16,19H2,1-4H3/i27-1. The van der Waals surface area contributed by atoms with Crippen LogP contribution in [0.3, 0.4) is 0 Å². The predicted octanol–water partition coefficient (Wildman–Crippen LogP) is 2.87. The highest BCUT2D eigenvalue weighted by Gasteiger charge is 2.31. The van der Waals surface area contributed by atoms with Crippen LogP contribution in [0.2, 0.25) is 0 Å². The molecule has 3 rings (SSSR count). The molecular weight excluding hydrogens is 484 g/mol. The lowest BCUT2D eigenvalue weighted by Crippen LogP contribution is -2.44. The zero-order valence-electron chi connectivity index (χ0n) is 22.2. The summed E-state index contributed by atoms with van der Waals surface area (Å²) >= 11 is 0. The first-order chi connectivity index (χ1) is 17.2. The third-order valence-corrected chi connectivity index (χ3v) is 9.87. The summed E-state index contributed by atoms with van der Waals surface area (Å²) in [6.07, 6.45) is 4.24.